The smallest absolute Gasteiger partial charge is 0.168 e. The highest BCUT2D eigenvalue weighted by atomic mass is 32.1. The maximum Gasteiger partial charge on any atom is 0.168 e. The Kier molecular flexibility index (Phi) is 6.16. The second-order valence-electron chi connectivity index (χ2n) is 5.10. The summed E-state index contributed by atoms with van der Waals surface area (Å²) in [5.74, 6) is 0.738. The third kappa shape index (κ3) is 5.19. The molecule has 1 aliphatic heterocycles. The molecule has 4 nitrogen and oxygen atoms in total. The minimum absolute atomic E-state index is 0.265. The molecule has 1 fully saturated rings. The summed E-state index contributed by atoms with van der Waals surface area (Å²) in [6.07, 6.45) is 1.27. The molecule has 0 bridgehead atoms. The van der Waals surface area contributed by atoms with E-state index in [2.05, 4.69) is 36.1 Å². The van der Waals surface area contributed by atoms with Gasteiger partial charge in [0.05, 0.1) is 6.61 Å². The number of hydrogen-bond donors (Lipinski definition) is 1. The van der Waals surface area contributed by atoms with Crippen LogP contribution in [-0.2, 0) is 4.74 Å². The van der Waals surface area contributed by atoms with Crippen LogP contribution in [0.1, 0.15) is 13.3 Å². The largest absolute Gasteiger partial charge is 0.383 e. The van der Waals surface area contributed by atoms with Gasteiger partial charge in [0.2, 0.25) is 0 Å². The SMILES string of the molecule is COCC(C)NC(=S)N(C)CC1CCN(C)C1. The Balaban J connectivity index is 2.26. The fourth-order valence-electron chi connectivity index (χ4n) is 2.26. The predicted molar refractivity (Wildman–Crippen MR) is 75.3 cm³/mol. The van der Waals surface area contributed by atoms with Gasteiger partial charge >= 0.3 is 0 Å². The lowest BCUT2D eigenvalue weighted by Gasteiger charge is -2.26. The van der Waals surface area contributed by atoms with Crippen molar-refractivity contribution in [2.45, 2.75) is 19.4 Å². The molecule has 0 aromatic rings. The minimum Gasteiger partial charge on any atom is -0.383 e. The van der Waals surface area contributed by atoms with Gasteiger partial charge in [0.15, 0.2) is 5.11 Å². The molecular formula is C12H25N3OS. The normalized spacial score (nSPS) is 22.5. The number of rotatable bonds is 5. The molecule has 2 unspecified atom stereocenters. The maximum atomic E-state index is 5.38. The number of nitrogens with zero attached hydrogens (tertiary/aromatic N) is 2. The monoisotopic (exact) mass is 259 g/mol. The molecule has 17 heavy (non-hydrogen) atoms. The van der Waals surface area contributed by atoms with Crippen LogP contribution in [0.3, 0.4) is 0 Å². The average molecular weight is 259 g/mol. The Bertz CT molecular complexity index is 250. The van der Waals surface area contributed by atoms with Gasteiger partial charge in [-0.15, -0.1) is 0 Å². The Labute approximate surface area is 110 Å². The van der Waals surface area contributed by atoms with Crippen molar-refractivity contribution in [2.75, 3.05) is 47.4 Å². The van der Waals surface area contributed by atoms with Crippen LogP contribution in [0.2, 0.25) is 0 Å². The molecule has 0 aliphatic carbocycles. The van der Waals surface area contributed by atoms with Crippen LogP contribution in [-0.4, -0.2) is 68.4 Å². The topological polar surface area (TPSA) is 27.7 Å². The molecule has 1 heterocycles. The van der Waals surface area contributed by atoms with Gasteiger partial charge in [-0.25, -0.2) is 0 Å². The van der Waals surface area contributed by atoms with E-state index in [4.69, 9.17) is 17.0 Å². The zero-order valence-corrected chi connectivity index (χ0v) is 12.2. The molecule has 0 aromatic carbocycles. The fraction of sp³-hybridized carbons (Fsp3) is 0.917. The molecule has 0 spiro atoms. The zero-order valence-electron chi connectivity index (χ0n) is 11.4. The molecule has 1 saturated heterocycles. The van der Waals surface area contributed by atoms with Crippen LogP contribution in [0, 0.1) is 5.92 Å². The van der Waals surface area contributed by atoms with Crippen molar-refractivity contribution < 1.29 is 4.74 Å². The van der Waals surface area contributed by atoms with Gasteiger partial charge < -0.3 is 19.9 Å². The highest BCUT2D eigenvalue weighted by Gasteiger charge is 2.21. The van der Waals surface area contributed by atoms with Crippen LogP contribution >= 0.6 is 12.2 Å². The first-order chi connectivity index (χ1) is 8.02. The van der Waals surface area contributed by atoms with Crippen molar-refractivity contribution in [3.8, 4) is 0 Å². The highest BCUT2D eigenvalue weighted by Crippen LogP contribution is 2.15. The first-order valence-corrected chi connectivity index (χ1v) is 6.63. The average Bonchev–Trinajstić information content (AvgIpc) is 2.64. The first kappa shape index (κ1) is 14.7. The van der Waals surface area contributed by atoms with Gasteiger partial charge in [0.25, 0.3) is 0 Å². The number of hydrogen-bond acceptors (Lipinski definition) is 3. The fourth-order valence-corrected chi connectivity index (χ4v) is 2.53. The van der Waals surface area contributed by atoms with Gasteiger partial charge in [-0.1, -0.05) is 0 Å². The maximum absolute atomic E-state index is 5.38. The van der Waals surface area contributed by atoms with Gasteiger partial charge in [0, 0.05) is 33.3 Å². The lowest BCUT2D eigenvalue weighted by atomic mass is 10.1. The molecule has 1 N–H and O–H groups in total. The number of thiocarbonyl (C=S) groups is 1. The van der Waals surface area contributed by atoms with Gasteiger partial charge in [0.1, 0.15) is 0 Å². The van der Waals surface area contributed by atoms with Crippen molar-refractivity contribution in [3.63, 3.8) is 0 Å². The molecule has 0 amide bonds. The lowest BCUT2D eigenvalue weighted by molar-refractivity contribution is 0.178. The van der Waals surface area contributed by atoms with E-state index in [1.165, 1.54) is 19.5 Å². The molecular weight excluding hydrogens is 234 g/mol. The zero-order chi connectivity index (χ0) is 12.8. The third-order valence-electron chi connectivity index (χ3n) is 3.15. The van der Waals surface area contributed by atoms with Crippen molar-refractivity contribution in [2.24, 2.45) is 5.92 Å². The van der Waals surface area contributed by atoms with Crippen molar-refractivity contribution in [1.29, 1.82) is 0 Å². The summed E-state index contributed by atoms with van der Waals surface area (Å²) in [6.45, 7) is 6.18. The summed E-state index contributed by atoms with van der Waals surface area (Å²) in [5, 5.41) is 4.11. The number of ether oxygens (including phenoxy) is 1. The quantitative estimate of drug-likeness (QED) is 0.737. The Morgan fingerprint density at radius 1 is 1.65 bits per heavy atom. The Hall–Kier alpha value is -0.390. The summed E-state index contributed by atoms with van der Waals surface area (Å²) in [7, 11) is 5.95. The van der Waals surface area contributed by atoms with Crippen molar-refractivity contribution in [1.82, 2.24) is 15.1 Å². The van der Waals surface area contributed by atoms with Gasteiger partial charge in [-0.05, 0) is 45.1 Å². The molecule has 0 saturated carbocycles. The molecule has 0 aromatic heterocycles. The van der Waals surface area contributed by atoms with Crippen LogP contribution in [0.5, 0.6) is 0 Å². The molecule has 1 rings (SSSR count). The minimum atomic E-state index is 0.265. The Morgan fingerprint density at radius 3 is 2.88 bits per heavy atom. The van der Waals surface area contributed by atoms with E-state index in [0.717, 1.165) is 17.6 Å². The van der Waals surface area contributed by atoms with Gasteiger partial charge in [-0.2, -0.15) is 0 Å². The van der Waals surface area contributed by atoms with E-state index in [1.54, 1.807) is 7.11 Å². The number of likely N-dealkylation sites (tertiary alicyclic amines) is 1. The molecule has 0 radical (unpaired) electrons. The number of nitrogens with one attached hydrogen (secondary N) is 1. The second-order valence-corrected chi connectivity index (χ2v) is 5.49. The Morgan fingerprint density at radius 2 is 2.35 bits per heavy atom. The van der Waals surface area contributed by atoms with E-state index in [9.17, 15) is 0 Å². The summed E-state index contributed by atoms with van der Waals surface area (Å²) in [4.78, 5) is 4.52. The van der Waals surface area contributed by atoms with E-state index >= 15 is 0 Å². The molecule has 2 atom stereocenters. The van der Waals surface area contributed by atoms with Crippen LogP contribution < -0.4 is 5.32 Å². The summed E-state index contributed by atoms with van der Waals surface area (Å²) in [6, 6.07) is 0.265. The van der Waals surface area contributed by atoms with Gasteiger partial charge in [-0.3, -0.25) is 0 Å². The second kappa shape index (κ2) is 7.13. The van der Waals surface area contributed by atoms with E-state index in [-0.39, 0.29) is 6.04 Å². The third-order valence-corrected chi connectivity index (χ3v) is 3.58. The number of methoxy groups -OCH3 is 1. The van der Waals surface area contributed by atoms with Crippen LogP contribution in [0.4, 0.5) is 0 Å². The van der Waals surface area contributed by atoms with E-state index < -0.39 is 0 Å². The van der Waals surface area contributed by atoms with E-state index in [0.29, 0.717) is 6.61 Å². The van der Waals surface area contributed by atoms with Crippen molar-refractivity contribution >= 4 is 17.3 Å². The van der Waals surface area contributed by atoms with Crippen LogP contribution in [0.15, 0.2) is 0 Å². The summed E-state index contributed by atoms with van der Waals surface area (Å²) in [5.41, 5.74) is 0. The molecule has 100 valence electrons. The molecule has 5 heteroatoms. The summed E-state index contributed by atoms with van der Waals surface area (Å²) < 4.78 is 5.08. The van der Waals surface area contributed by atoms with E-state index in [1.807, 2.05) is 0 Å². The van der Waals surface area contributed by atoms with Crippen LogP contribution in [0.25, 0.3) is 0 Å². The van der Waals surface area contributed by atoms with Crippen molar-refractivity contribution in [3.05, 3.63) is 0 Å². The first-order valence-electron chi connectivity index (χ1n) is 6.22. The lowest BCUT2D eigenvalue weighted by Crippen LogP contribution is -2.45. The predicted octanol–water partition coefficient (Wildman–Crippen LogP) is 0.779. The molecule has 1 aliphatic rings. The summed E-state index contributed by atoms with van der Waals surface area (Å²) >= 11 is 5.38. The standard InChI is InChI=1S/C12H25N3OS/c1-10(9-16-4)13-12(17)15(3)8-11-5-6-14(2)7-11/h10-11H,5-9H2,1-4H3,(H,13,17). The highest BCUT2D eigenvalue weighted by molar-refractivity contribution is 7.80.